The van der Waals surface area contributed by atoms with Crippen molar-refractivity contribution < 1.29 is 44.7 Å². The molecule has 1 aliphatic carbocycles. The van der Waals surface area contributed by atoms with Gasteiger partial charge in [0.05, 0.1) is 22.9 Å². The van der Waals surface area contributed by atoms with Crippen molar-refractivity contribution in [2.24, 2.45) is 7.05 Å². The number of carbonyl (C=O) groups is 1. The predicted octanol–water partition coefficient (Wildman–Crippen LogP) is 5.70. The zero-order chi connectivity index (χ0) is 29.6. The molecule has 1 fully saturated rings. The Hall–Kier alpha value is -3.87. The van der Waals surface area contributed by atoms with Gasteiger partial charge in [0.25, 0.3) is 12.3 Å². The van der Waals surface area contributed by atoms with E-state index < -0.39 is 58.8 Å². The zero-order valence-corrected chi connectivity index (χ0v) is 21.0. The number of ether oxygens (including phenoxy) is 1. The van der Waals surface area contributed by atoms with E-state index in [0.717, 1.165) is 13.2 Å². The molecule has 2 aliphatic rings. The van der Waals surface area contributed by atoms with Gasteiger partial charge in [-0.3, -0.25) is 4.79 Å². The van der Waals surface area contributed by atoms with Crippen LogP contribution in [0.4, 0.5) is 35.1 Å². The van der Waals surface area contributed by atoms with Gasteiger partial charge in [0.15, 0.2) is 17.3 Å². The summed E-state index contributed by atoms with van der Waals surface area (Å²) in [7, 11) is 2.32. The number of alkyl halides is 8. The highest BCUT2D eigenvalue weighted by molar-refractivity contribution is 6.34. The van der Waals surface area contributed by atoms with Gasteiger partial charge in [0, 0.05) is 19.7 Å². The third-order valence-electron chi connectivity index (χ3n) is 6.91. The van der Waals surface area contributed by atoms with Crippen molar-refractivity contribution in [2.45, 2.75) is 42.8 Å². The second kappa shape index (κ2) is 8.56. The first-order chi connectivity index (χ1) is 18.5. The van der Waals surface area contributed by atoms with Gasteiger partial charge in [-0.05, 0) is 30.5 Å². The summed E-state index contributed by atoms with van der Waals surface area (Å²) in [6.07, 6.45) is -13.8. The lowest BCUT2D eigenvalue weighted by molar-refractivity contribution is -0.350. The van der Waals surface area contributed by atoms with Crippen LogP contribution in [0.2, 0.25) is 5.02 Å². The van der Waals surface area contributed by atoms with Crippen molar-refractivity contribution in [3.63, 3.8) is 0 Å². The zero-order valence-electron chi connectivity index (χ0n) is 20.2. The van der Waals surface area contributed by atoms with Crippen LogP contribution in [0, 0.1) is 11.3 Å². The molecular weight excluding hydrogens is 580 g/mol. The molecule has 40 heavy (non-hydrogen) atoms. The lowest BCUT2D eigenvalue weighted by Crippen LogP contribution is -2.51. The summed E-state index contributed by atoms with van der Waals surface area (Å²) < 4.78 is 116. The molecule has 212 valence electrons. The largest absolute Gasteiger partial charge is 0.448 e. The van der Waals surface area contributed by atoms with Crippen molar-refractivity contribution in [2.75, 3.05) is 7.05 Å². The van der Waals surface area contributed by atoms with Crippen molar-refractivity contribution in [3.05, 3.63) is 46.4 Å². The third kappa shape index (κ3) is 3.74. The highest BCUT2D eigenvalue weighted by atomic mass is 35.5. The fraction of sp³-hybridized carbons (Fsp3) is 0.391. The van der Waals surface area contributed by atoms with E-state index in [9.17, 15) is 40.8 Å². The third-order valence-corrected chi connectivity index (χ3v) is 7.24. The summed E-state index contributed by atoms with van der Waals surface area (Å²) in [6.45, 7) is 0. The van der Waals surface area contributed by atoms with Crippen LogP contribution in [0.5, 0.6) is 5.75 Å². The summed E-state index contributed by atoms with van der Waals surface area (Å²) >= 11 is 6.21. The molecule has 1 aromatic carbocycles. The number of rotatable bonds is 4. The van der Waals surface area contributed by atoms with E-state index in [-0.39, 0.29) is 21.7 Å². The van der Waals surface area contributed by atoms with Gasteiger partial charge in [-0.25, -0.2) is 13.8 Å². The number of hydrogen-bond donors (Lipinski definition) is 0. The van der Waals surface area contributed by atoms with Crippen molar-refractivity contribution in [3.8, 4) is 28.8 Å². The summed E-state index contributed by atoms with van der Waals surface area (Å²) in [5.74, 6) is -2.75. The van der Waals surface area contributed by atoms with Gasteiger partial charge in [-0.15, -0.1) is 0 Å². The normalized spacial score (nSPS) is 17.9. The number of fused-ring (bicyclic) bond motifs is 3. The van der Waals surface area contributed by atoms with E-state index in [4.69, 9.17) is 16.3 Å². The van der Waals surface area contributed by atoms with Crippen LogP contribution in [-0.2, 0) is 12.7 Å². The minimum Gasteiger partial charge on any atom is -0.448 e. The topological polar surface area (TPSA) is 89.0 Å². The van der Waals surface area contributed by atoms with Crippen LogP contribution in [0.1, 0.15) is 40.9 Å². The van der Waals surface area contributed by atoms with Gasteiger partial charge >= 0.3 is 18.0 Å². The average molecular weight is 595 g/mol. The molecule has 0 spiro atoms. The smallest absolute Gasteiger partial charge is 0.437 e. The highest BCUT2D eigenvalue weighted by Gasteiger charge is 2.76. The number of benzene rings is 1. The minimum atomic E-state index is -6.51. The van der Waals surface area contributed by atoms with E-state index >= 15 is 4.39 Å². The molecule has 8 nitrogen and oxygen atoms in total. The Balaban J connectivity index is 1.62. The lowest BCUT2D eigenvalue weighted by Gasteiger charge is -2.30. The molecule has 3 aromatic rings. The maximum atomic E-state index is 15.3. The van der Waals surface area contributed by atoms with Crippen LogP contribution in [-0.4, -0.2) is 55.3 Å². The highest BCUT2D eigenvalue weighted by Crippen LogP contribution is 2.57. The molecule has 5 rings (SSSR count). The van der Waals surface area contributed by atoms with Gasteiger partial charge in [0.1, 0.15) is 11.2 Å². The molecule has 0 N–H and O–H groups in total. The maximum absolute atomic E-state index is 15.3. The number of carbonyl (C=O) groups excluding carboxylic acids is 1. The first-order valence-corrected chi connectivity index (χ1v) is 11.6. The number of nitriles is 1. The van der Waals surface area contributed by atoms with Gasteiger partial charge in [0.2, 0.25) is 0 Å². The Kier molecular flexibility index (Phi) is 5.93. The predicted molar refractivity (Wildman–Crippen MR) is 120 cm³/mol. The second-order valence-corrected chi connectivity index (χ2v) is 9.68. The molecule has 3 heterocycles. The number of hydrogen-bond acceptors (Lipinski definition) is 5. The second-order valence-electron chi connectivity index (χ2n) is 9.27. The molecular formula is C23H15ClF8N6O2. The van der Waals surface area contributed by atoms with E-state index in [1.54, 1.807) is 0 Å². The van der Waals surface area contributed by atoms with Gasteiger partial charge in [-0.2, -0.15) is 46.2 Å². The number of halogens is 9. The number of nitrogens with zero attached hydrogens (tertiary/aromatic N) is 6. The Labute approximate surface area is 224 Å². The number of aromatic nitrogens is 4. The lowest BCUT2D eigenvalue weighted by atomic mass is 9.99. The molecule has 17 heteroatoms. The molecule has 1 aliphatic heterocycles. The fourth-order valence-electron chi connectivity index (χ4n) is 4.49. The van der Waals surface area contributed by atoms with Crippen molar-refractivity contribution >= 4 is 17.5 Å². The monoisotopic (exact) mass is 594 g/mol. The number of aryl methyl sites for hydroxylation is 1. The Morgan fingerprint density at radius 3 is 2.38 bits per heavy atom. The Morgan fingerprint density at radius 2 is 1.82 bits per heavy atom. The van der Waals surface area contributed by atoms with Crippen LogP contribution in [0.3, 0.4) is 0 Å². The standard InChI is InChI=1S/C23H15ClF8N6O2/c1-36(20(9-33)5-6-20)19(39)11-7-10(3-4-13(11)24)12-8-34-38-14(12)17(25)40-15-16(35-37(2)18(15)38)21(26,22(27,28)29)23(30,31)32/h3-4,7-8,17H,5-6H2,1-2H3. The summed E-state index contributed by atoms with van der Waals surface area (Å²) in [5, 5.41) is 16.4. The van der Waals surface area contributed by atoms with Crippen LogP contribution >= 0.6 is 11.6 Å². The fourth-order valence-corrected chi connectivity index (χ4v) is 4.69. The van der Waals surface area contributed by atoms with E-state index in [2.05, 4.69) is 16.3 Å². The van der Waals surface area contributed by atoms with E-state index in [0.29, 0.717) is 22.2 Å². The molecule has 1 saturated carbocycles. The van der Waals surface area contributed by atoms with Crippen LogP contribution in [0.25, 0.3) is 16.9 Å². The first kappa shape index (κ1) is 27.7. The van der Waals surface area contributed by atoms with Crippen molar-refractivity contribution in [1.29, 1.82) is 5.26 Å². The molecule has 0 bridgehead atoms. The van der Waals surface area contributed by atoms with Gasteiger partial charge in [-0.1, -0.05) is 17.7 Å². The van der Waals surface area contributed by atoms with Crippen molar-refractivity contribution in [1.82, 2.24) is 24.5 Å². The average Bonchev–Trinajstić information content (AvgIpc) is 3.43. The maximum Gasteiger partial charge on any atom is 0.437 e. The van der Waals surface area contributed by atoms with E-state index in [1.807, 2.05) is 0 Å². The molecule has 1 unspecified atom stereocenters. The minimum absolute atomic E-state index is 0.000531. The Morgan fingerprint density at radius 1 is 1.20 bits per heavy atom. The molecule has 1 amide bonds. The first-order valence-electron chi connectivity index (χ1n) is 11.3. The summed E-state index contributed by atoms with van der Waals surface area (Å²) in [6, 6.07) is 6.01. The SMILES string of the molecule is CN(C(=O)c1cc(-c2cnn3c2C(F)Oc2c(C(F)(C(F)(F)F)C(F)(F)F)nn(C)c2-3)ccc1Cl)C1(C#N)CC1. The quantitative estimate of drug-likeness (QED) is 0.362. The van der Waals surface area contributed by atoms with Gasteiger partial charge < -0.3 is 9.64 Å². The molecule has 0 radical (unpaired) electrons. The summed E-state index contributed by atoms with van der Waals surface area (Å²) in [5.41, 5.74) is -9.66. The molecule has 0 saturated heterocycles. The summed E-state index contributed by atoms with van der Waals surface area (Å²) in [4.78, 5) is 14.3. The Bertz CT molecular complexity index is 1570. The van der Waals surface area contributed by atoms with E-state index in [1.165, 1.54) is 30.1 Å². The molecule has 1 atom stereocenters. The van der Waals surface area contributed by atoms with Crippen LogP contribution in [0.15, 0.2) is 24.4 Å². The van der Waals surface area contributed by atoms with Crippen LogP contribution < -0.4 is 4.74 Å². The number of amides is 1. The molecule has 2 aromatic heterocycles.